The number of thiazole rings is 1. The van der Waals surface area contributed by atoms with Gasteiger partial charge >= 0.3 is 12.2 Å². The maximum atomic E-state index is 12.5. The maximum absolute atomic E-state index is 12.5. The molecule has 0 bridgehead atoms. The Morgan fingerprint density at radius 1 is 1.38 bits per heavy atom. The third kappa shape index (κ3) is 5.16. The first-order valence-corrected chi connectivity index (χ1v) is 7.40. The summed E-state index contributed by atoms with van der Waals surface area (Å²) in [6, 6.07) is -1.52. The van der Waals surface area contributed by atoms with Gasteiger partial charge in [0, 0.05) is 5.38 Å². The van der Waals surface area contributed by atoms with Gasteiger partial charge in [0.25, 0.3) is 0 Å². The topological polar surface area (TPSA) is 74.2 Å². The number of hydrogen-bond donors (Lipinski definition) is 3. The molecule has 1 aromatic heterocycles. The summed E-state index contributed by atoms with van der Waals surface area (Å²) in [5.74, 6) is 0. The lowest BCUT2D eigenvalue weighted by molar-refractivity contribution is -0.140. The lowest BCUT2D eigenvalue weighted by Gasteiger charge is -2.19. The van der Waals surface area contributed by atoms with Gasteiger partial charge in [0.15, 0.2) is 5.69 Å². The van der Waals surface area contributed by atoms with Crippen molar-refractivity contribution in [1.82, 2.24) is 15.6 Å². The fourth-order valence-corrected chi connectivity index (χ4v) is 2.54. The van der Waals surface area contributed by atoms with Crippen molar-refractivity contribution >= 4 is 17.4 Å². The van der Waals surface area contributed by atoms with Crippen molar-refractivity contribution in [1.29, 1.82) is 0 Å². The molecule has 0 aliphatic heterocycles. The van der Waals surface area contributed by atoms with E-state index in [1.54, 1.807) is 13.8 Å². The monoisotopic (exact) mass is 325 g/mol. The number of halogens is 3. The second-order valence-corrected chi connectivity index (χ2v) is 5.32. The minimum atomic E-state index is -4.49. The molecule has 21 heavy (non-hydrogen) atoms. The molecule has 0 radical (unpaired) electrons. The summed E-state index contributed by atoms with van der Waals surface area (Å²) in [6.07, 6.45) is -3.52. The van der Waals surface area contributed by atoms with Crippen LogP contribution in [0.1, 0.15) is 43.4 Å². The first kappa shape index (κ1) is 17.7. The molecule has 9 heteroatoms. The SMILES string of the molecule is CCC(CO)NC(=O)NC(CC)c1nc(C(F)(F)F)cs1. The molecule has 120 valence electrons. The standard InChI is InChI=1S/C12H18F3N3O2S/c1-3-7(5-19)16-11(20)17-8(4-2)10-18-9(6-21-10)12(13,14)15/h6-8,19H,3-5H2,1-2H3,(H2,16,17,20). The lowest BCUT2D eigenvalue weighted by atomic mass is 10.2. The zero-order valence-electron chi connectivity index (χ0n) is 11.7. The van der Waals surface area contributed by atoms with E-state index in [-0.39, 0.29) is 17.7 Å². The molecular weight excluding hydrogens is 307 g/mol. The van der Waals surface area contributed by atoms with E-state index in [1.807, 2.05) is 0 Å². The highest BCUT2D eigenvalue weighted by Gasteiger charge is 2.34. The van der Waals surface area contributed by atoms with Gasteiger partial charge < -0.3 is 15.7 Å². The number of aliphatic hydroxyl groups excluding tert-OH is 1. The third-order valence-electron chi connectivity index (χ3n) is 2.87. The van der Waals surface area contributed by atoms with E-state index in [9.17, 15) is 18.0 Å². The minimum Gasteiger partial charge on any atom is -0.394 e. The van der Waals surface area contributed by atoms with E-state index < -0.39 is 23.9 Å². The number of rotatable bonds is 6. The average Bonchev–Trinajstić information content (AvgIpc) is 2.91. The molecule has 0 aromatic carbocycles. The van der Waals surface area contributed by atoms with Crippen molar-refractivity contribution in [2.75, 3.05) is 6.61 Å². The number of aliphatic hydroxyl groups is 1. The number of aromatic nitrogens is 1. The molecule has 0 saturated carbocycles. The van der Waals surface area contributed by atoms with Gasteiger partial charge in [-0.25, -0.2) is 9.78 Å². The minimum absolute atomic E-state index is 0.198. The Balaban J connectivity index is 2.71. The van der Waals surface area contributed by atoms with Crippen LogP contribution in [0.2, 0.25) is 0 Å². The summed E-state index contributed by atoms with van der Waals surface area (Å²) < 4.78 is 37.5. The number of urea groups is 1. The molecule has 2 unspecified atom stereocenters. The highest BCUT2D eigenvalue weighted by Crippen LogP contribution is 2.32. The lowest BCUT2D eigenvalue weighted by Crippen LogP contribution is -2.44. The zero-order valence-corrected chi connectivity index (χ0v) is 12.5. The number of nitrogens with one attached hydrogen (secondary N) is 2. The summed E-state index contributed by atoms with van der Waals surface area (Å²) >= 11 is 0.858. The quantitative estimate of drug-likeness (QED) is 0.753. The second kappa shape index (κ2) is 7.60. The van der Waals surface area contributed by atoms with Gasteiger partial charge in [-0.15, -0.1) is 11.3 Å². The molecule has 1 heterocycles. The van der Waals surface area contributed by atoms with Crippen LogP contribution < -0.4 is 10.6 Å². The van der Waals surface area contributed by atoms with Crippen LogP contribution in [0.25, 0.3) is 0 Å². The van der Waals surface area contributed by atoms with Gasteiger partial charge in [0.05, 0.1) is 18.7 Å². The predicted molar refractivity (Wildman–Crippen MR) is 73.0 cm³/mol. The Bertz CT molecular complexity index is 461. The first-order valence-electron chi connectivity index (χ1n) is 6.52. The van der Waals surface area contributed by atoms with Crippen molar-refractivity contribution in [3.05, 3.63) is 16.1 Å². The first-order chi connectivity index (χ1) is 9.81. The summed E-state index contributed by atoms with van der Waals surface area (Å²) in [7, 11) is 0. The summed E-state index contributed by atoms with van der Waals surface area (Å²) in [6.45, 7) is 3.34. The molecular formula is C12H18F3N3O2S. The zero-order chi connectivity index (χ0) is 16.0. The van der Waals surface area contributed by atoms with Crippen LogP contribution in [0.3, 0.4) is 0 Å². The molecule has 1 rings (SSSR count). The van der Waals surface area contributed by atoms with Crippen molar-refractivity contribution in [2.24, 2.45) is 0 Å². The van der Waals surface area contributed by atoms with E-state index in [0.29, 0.717) is 12.8 Å². The Labute approximate surface area is 124 Å². The number of hydrogen-bond acceptors (Lipinski definition) is 4. The van der Waals surface area contributed by atoms with Crippen LogP contribution in [0.5, 0.6) is 0 Å². The summed E-state index contributed by atoms with van der Waals surface area (Å²) in [5, 5.41) is 15.2. The Hall–Kier alpha value is -1.35. The number of amides is 2. The van der Waals surface area contributed by atoms with Gasteiger partial charge in [-0.3, -0.25) is 0 Å². The van der Waals surface area contributed by atoms with E-state index in [1.165, 1.54) is 0 Å². The third-order valence-corrected chi connectivity index (χ3v) is 3.83. The molecule has 0 saturated heterocycles. The molecule has 0 aliphatic rings. The predicted octanol–water partition coefficient (Wildman–Crippen LogP) is 2.68. The average molecular weight is 325 g/mol. The fraction of sp³-hybridized carbons (Fsp3) is 0.667. The smallest absolute Gasteiger partial charge is 0.394 e. The van der Waals surface area contributed by atoms with Gasteiger partial charge in [-0.05, 0) is 12.8 Å². The van der Waals surface area contributed by atoms with Crippen LogP contribution >= 0.6 is 11.3 Å². The van der Waals surface area contributed by atoms with Crippen molar-refractivity contribution < 1.29 is 23.1 Å². The number of nitrogens with zero attached hydrogens (tertiary/aromatic N) is 1. The second-order valence-electron chi connectivity index (χ2n) is 4.44. The van der Waals surface area contributed by atoms with Gasteiger partial charge in [0.2, 0.25) is 0 Å². The number of alkyl halides is 3. The molecule has 0 aliphatic carbocycles. The van der Waals surface area contributed by atoms with Crippen molar-refractivity contribution in [2.45, 2.75) is 44.9 Å². The Morgan fingerprint density at radius 2 is 2.05 bits per heavy atom. The molecule has 3 N–H and O–H groups in total. The maximum Gasteiger partial charge on any atom is 0.434 e. The molecule has 0 spiro atoms. The van der Waals surface area contributed by atoms with Crippen molar-refractivity contribution in [3.8, 4) is 0 Å². The fourth-order valence-electron chi connectivity index (χ4n) is 1.58. The molecule has 2 atom stereocenters. The molecule has 1 aromatic rings. The Kier molecular flexibility index (Phi) is 6.41. The molecule has 5 nitrogen and oxygen atoms in total. The molecule has 0 fully saturated rings. The highest BCUT2D eigenvalue weighted by atomic mass is 32.1. The van der Waals surface area contributed by atoms with Crippen molar-refractivity contribution in [3.63, 3.8) is 0 Å². The normalized spacial score (nSPS) is 14.6. The number of carbonyl (C=O) groups excluding carboxylic acids is 1. The largest absolute Gasteiger partial charge is 0.434 e. The van der Waals surface area contributed by atoms with Gasteiger partial charge in [0.1, 0.15) is 5.01 Å². The van der Waals surface area contributed by atoms with Crippen LogP contribution in [0.15, 0.2) is 5.38 Å². The summed E-state index contributed by atoms with van der Waals surface area (Å²) in [5.41, 5.74) is -0.954. The van der Waals surface area contributed by atoms with Crippen LogP contribution in [0.4, 0.5) is 18.0 Å². The van der Waals surface area contributed by atoms with Crippen LogP contribution in [0, 0.1) is 0 Å². The van der Waals surface area contributed by atoms with E-state index in [2.05, 4.69) is 15.6 Å². The van der Waals surface area contributed by atoms with Crippen LogP contribution in [-0.4, -0.2) is 28.8 Å². The molecule has 2 amide bonds. The van der Waals surface area contributed by atoms with E-state index in [0.717, 1.165) is 16.7 Å². The van der Waals surface area contributed by atoms with Gasteiger partial charge in [-0.1, -0.05) is 13.8 Å². The van der Waals surface area contributed by atoms with Crippen LogP contribution in [-0.2, 0) is 6.18 Å². The van der Waals surface area contributed by atoms with E-state index in [4.69, 9.17) is 5.11 Å². The highest BCUT2D eigenvalue weighted by molar-refractivity contribution is 7.09. The number of carbonyl (C=O) groups is 1. The summed E-state index contributed by atoms with van der Waals surface area (Å²) in [4.78, 5) is 15.3. The van der Waals surface area contributed by atoms with E-state index >= 15 is 0 Å². The Morgan fingerprint density at radius 3 is 2.48 bits per heavy atom. The van der Waals surface area contributed by atoms with Gasteiger partial charge in [-0.2, -0.15) is 13.2 Å².